The number of allylic oxidation sites excluding steroid dienone is 2. The molecule has 0 atom stereocenters. The van der Waals surface area contributed by atoms with Gasteiger partial charge in [-0.15, -0.1) is 0 Å². The quantitative estimate of drug-likeness (QED) is 0.153. The van der Waals surface area contributed by atoms with Crippen molar-refractivity contribution in [1.29, 1.82) is 0 Å². The zero-order valence-electron chi connectivity index (χ0n) is 16.8. The van der Waals surface area contributed by atoms with Gasteiger partial charge in [0.2, 0.25) is 0 Å². The molecule has 7 heteroatoms. The summed E-state index contributed by atoms with van der Waals surface area (Å²) in [5.74, 6) is -0.866. The summed E-state index contributed by atoms with van der Waals surface area (Å²) in [4.78, 5) is 10.3. The molecule has 2 N–H and O–H groups in total. The van der Waals surface area contributed by atoms with E-state index in [1.165, 1.54) is 77.6 Å². The molecular formula is C20H41NaO5S. The summed E-state index contributed by atoms with van der Waals surface area (Å²) < 4.78 is 26.9. The first-order valence-corrected chi connectivity index (χ1v) is 11.8. The molecule has 0 spiro atoms. The van der Waals surface area contributed by atoms with Crippen molar-refractivity contribution < 1.29 is 22.9 Å². The number of hydrogen-bond acceptors (Lipinski definition) is 3. The second kappa shape index (κ2) is 24.2. The maximum absolute atomic E-state index is 10.3. The molecule has 0 aromatic heterocycles. The average molecular weight is 417 g/mol. The summed E-state index contributed by atoms with van der Waals surface area (Å²) in [6.45, 7) is 3.63. The molecule has 0 aromatic rings. The average Bonchev–Trinajstić information content (AvgIpc) is 2.58. The van der Waals surface area contributed by atoms with Gasteiger partial charge in [0.15, 0.2) is 0 Å². The van der Waals surface area contributed by atoms with E-state index in [1.807, 2.05) is 0 Å². The van der Waals surface area contributed by atoms with Crippen molar-refractivity contribution >= 4 is 45.6 Å². The number of rotatable bonds is 16. The molecule has 0 aliphatic rings. The third-order valence-corrected chi connectivity index (χ3v) is 4.75. The molecule has 0 bridgehead atoms. The van der Waals surface area contributed by atoms with Crippen molar-refractivity contribution in [3.05, 3.63) is 12.2 Å². The van der Waals surface area contributed by atoms with E-state index in [0.717, 1.165) is 12.8 Å². The fourth-order valence-corrected chi connectivity index (χ4v) is 2.35. The molecule has 0 aromatic carbocycles. The molecule has 0 saturated heterocycles. The van der Waals surface area contributed by atoms with Crippen LogP contribution < -0.4 is 0 Å². The Kier molecular flexibility index (Phi) is 28.5. The van der Waals surface area contributed by atoms with Gasteiger partial charge in [-0.05, 0) is 39.0 Å². The molecule has 5 nitrogen and oxygen atoms in total. The fraction of sp³-hybridized carbons (Fsp3) is 0.850. The Morgan fingerprint density at radius 2 is 1.15 bits per heavy atom. The van der Waals surface area contributed by atoms with Crippen LogP contribution >= 0.6 is 0 Å². The second-order valence-corrected chi connectivity index (χ2v) is 8.34. The van der Waals surface area contributed by atoms with Gasteiger partial charge in [-0.3, -0.25) is 9.35 Å². The molecule has 0 heterocycles. The van der Waals surface area contributed by atoms with Gasteiger partial charge in [0.25, 0.3) is 10.1 Å². The minimum absolute atomic E-state index is 0. The Morgan fingerprint density at radius 3 is 1.52 bits per heavy atom. The van der Waals surface area contributed by atoms with Gasteiger partial charge in [0.05, 0.1) is 5.75 Å². The Morgan fingerprint density at radius 1 is 0.778 bits per heavy atom. The first-order valence-electron chi connectivity index (χ1n) is 10.1. The number of aliphatic carboxylic acids is 1. The van der Waals surface area contributed by atoms with Gasteiger partial charge in [-0.1, -0.05) is 70.4 Å². The third-order valence-electron chi connectivity index (χ3n) is 4.02. The molecule has 0 rings (SSSR count). The number of hydrogen-bond donors (Lipinski definition) is 2. The van der Waals surface area contributed by atoms with Crippen molar-refractivity contribution in [3.8, 4) is 0 Å². The predicted molar refractivity (Wildman–Crippen MR) is 116 cm³/mol. The molecule has 0 saturated carbocycles. The topological polar surface area (TPSA) is 91.7 Å². The standard InChI is InChI=1S/C18H34O2.C2H6O3S.Na.H/c1-2-3-4-5-6-7-8-9-10-11-12-13-14-15-16-17-18(19)20;1-2-6(3,4)5;;/h9-10H,2-8,11-17H2,1H3,(H,19,20);2H2,1H3,(H,3,4,5);;/b10-9-;;;. The number of carboxylic acid groups (broad SMARTS) is 1. The molecule has 0 unspecified atom stereocenters. The van der Waals surface area contributed by atoms with Crippen LogP contribution in [0.1, 0.15) is 104 Å². The summed E-state index contributed by atoms with van der Waals surface area (Å²) in [7, 11) is -3.66. The van der Waals surface area contributed by atoms with E-state index < -0.39 is 16.1 Å². The molecule has 0 aliphatic carbocycles. The van der Waals surface area contributed by atoms with Crippen LogP contribution in [0.15, 0.2) is 12.2 Å². The van der Waals surface area contributed by atoms with Gasteiger partial charge in [-0.2, -0.15) is 8.42 Å². The SMILES string of the molecule is CCCCCCCC/C=C\CCCCCCCC(=O)O.CCS(=O)(=O)O.[NaH]. The third kappa shape index (κ3) is 37.5. The minimum atomic E-state index is -3.66. The van der Waals surface area contributed by atoms with Crippen LogP contribution in [0, 0.1) is 0 Å². The number of unbranched alkanes of at least 4 members (excludes halogenated alkanes) is 11. The summed E-state index contributed by atoms with van der Waals surface area (Å²) in [6, 6.07) is 0. The van der Waals surface area contributed by atoms with Crippen LogP contribution in [0.3, 0.4) is 0 Å². The van der Waals surface area contributed by atoms with Gasteiger partial charge in [-0.25, -0.2) is 0 Å². The molecule has 0 amide bonds. The Hall–Kier alpha value is 0.120. The summed E-state index contributed by atoms with van der Waals surface area (Å²) in [5, 5.41) is 8.51. The van der Waals surface area contributed by atoms with Crippen LogP contribution in [0.4, 0.5) is 0 Å². The summed E-state index contributed by atoms with van der Waals surface area (Å²) in [5.41, 5.74) is 0. The van der Waals surface area contributed by atoms with Crippen LogP contribution in [-0.4, -0.2) is 59.4 Å². The van der Waals surface area contributed by atoms with Crippen LogP contribution in [-0.2, 0) is 14.9 Å². The molecule has 158 valence electrons. The van der Waals surface area contributed by atoms with E-state index in [-0.39, 0.29) is 35.3 Å². The maximum atomic E-state index is 10.3. The first-order chi connectivity index (χ1) is 12.3. The monoisotopic (exact) mass is 416 g/mol. The molecule has 27 heavy (non-hydrogen) atoms. The first kappa shape index (κ1) is 31.8. The van der Waals surface area contributed by atoms with E-state index in [2.05, 4.69) is 19.1 Å². The van der Waals surface area contributed by atoms with Crippen LogP contribution in [0.2, 0.25) is 0 Å². The van der Waals surface area contributed by atoms with Gasteiger partial charge < -0.3 is 5.11 Å². The number of carbonyl (C=O) groups is 1. The van der Waals surface area contributed by atoms with E-state index >= 15 is 0 Å². The number of carboxylic acids is 1. The zero-order valence-corrected chi connectivity index (χ0v) is 17.6. The van der Waals surface area contributed by atoms with Crippen LogP contribution in [0.25, 0.3) is 0 Å². The fourth-order valence-electron chi connectivity index (χ4n) is 2.35. The van der Waals surface area contributed by atoms with Crippen molar-refractivity contribution in [3.63, 3.8) is 0 Å². The van der Waals surface area contributed by atoms with Crippen LogP contribution in [0.5, 0.6) is 0 Å². The zero-order chi connectivity index (χ0) is 20.1. The predicted octanol–water partition coefficient (Wildman–Crippen LogP) is 5.35. The van der Waals surface area contributed by atoms with Crippen molar-refractivity contribution in [2.75, 3.05) is 5.75 Å². The Balaban J connectivity index is -0.000000709. The van der Waals surface area contributed by atoms with E-state index in [9.17, 15) is 13.2 Å². The van der Waals surface area contributed by atoms with E-state index in [0.29, 0.717) is 6.42 Å². The van der Waals surface area contributed by atoms with Gasteiger partial charge >= 0.3 is 35.5 Å². The van der Waals surface area contributed by atoms with Gasteiger partial charge in [0.1, 0.15) is 0 Å². The molecular weight excluding hydrogens is 375 g/mol. The molecule has 0 radical (unpaired) electrons. The molecule has 0 fully saturated rings. The van der Waals surface area contributed by atoms with E-state index in [1.54, 1.807) is 0 Å². The Bertz CT molecular complexity index is 436. The second-order valence-electron chi connectivity index (χ2n) is 6.60. The van der Waals surface area contributed by atoms with Crippen molar-refractivity contribution in [2.45, 2.75) is 104 Å². The van der Waals surface area contributed by atoms with Crippen molar-refractivity contribution in [2.24, 2.45) is 0 Å². The van der Waals surface area contributed by atoms with Gasteiger partial charge in [0, 0.05) is 6.42 Å². The normalized spacial score (nSPS) is 10.9. The van der Waals surface area contributed by atoms with E-state index in [4.69, 9.17) is 9.66 Å². The Labute approximate surface area is 189 Å². The summed E-state index contributed by atoms with van der Waals surface area (Å²) in [6.07, 6.45) is 21.2. The summed E-state index contributed by atoms with van der Waals surface area (Å²) >= 11 is 0. The van der Waals surface area contributed by atoms with Crippen molar-refractivity contribution in [1.82, 2.24) is 0 Å². The molecule has 0 aliphatic heterocycles.